The van der Waals surface area contributed by atoms with E-state index in [1.54, 1.807) is 17.8 Å². The largest absolute Gasteiger partial charge is 0.388 e. The van der Waals surface area contributed by atoms with Crippen LogP contribution in [-0.2, 0) is 7.05 Å². The Balaban J connectivity index is 1.98. The highest BCUT2D eigenvalue weighted by atomic mass is 16.3. The Morgan fingerprint density at radius 2 is 2.12 bits per heavy atom. The highest BCUT2D eigenvalue weighted by Crippen LogP contribution is 2.39. The van der Waals surface area contributed by atoms with E-state index in [0.29, 0.717) is 35.4 Å². The van der Waals surface area contributed by atoms with Crippen molar-refractivity contribution in [2.45, 2.75) is 51.0 Å². The van der Waals surface area contributed by atoms with Crippen LogP contribution in [0.3, 0.4) is 0 Å². The molecule has 0 atom stereocenters. The van der Waals surface area contributed by atoms with E-state index in [4.69, 9.17) is 0 Å². The zero-order valence-electron chi connectivity index (χ0n) is 14.3. The molecule has 2 heterocycles. The van der Waals surface area contributed by atoms with Crippen LogP contribution < -0.4 is 10.9 Å². The van der Waals surface area contributed by atoms with Crippen LogP contribution in [0.2, 0.25) is 0 Å². The number of aryl methyl sites for hydroxylation is 1. The van der Waals surface area contributed by atoms with E-state index < -0.39 is 5.60 Å². The lowest BCUT2D eigenvalue weighted by molar-refractivity contribution is 0.0314. The number of aromatic amines is 1. The van der Waals surface area contributed by atoms with Gasteiger partial charge in [-0.25, -0.2) is 4.98 Å². The molecule has 0 bridgehead atoms. The molecule has 24 heavy (non-hydrogen) atoms. The van der Waals surface area contributed by atoms with E-state index in [1.807, 2.05) is 13.8 Å². The number of hydrogen-bond acceptors (Lipinski definition) is 4. The topological polar surface area (TPSA) is 100 Å². The third-order valence-corrected chi connectivity index (χ3v) is 4.97. The number of rotatable bonds is 6. The summed E-state index contributed by atoms with van der Waals surface area (Å²) in [5.41, 5.74) is 0.427. The predicted octanol–water partition coefficient (Wildman–Crippen LogP) is 1.42. The number of fused-ring (bicyclic) bond motifs is 1. The highest BCUT2D eigenvalue weighted by molar-refractivity contribution is 6.05. The second-order valence-corrected chi connectivity index (χ2v) is 6.68. The first kappa shape index (κ1) is 16.7. The van der Waals surface area contributed by atoms with Crippen molar-refractivity contribution in [3.05, 3.63) is 27.7 Å². The van der Waals surface area contributed by atoms with Crippen LogP contribution in [0.15, 0.2) is 10.9 Å². The third-order valence-electron chi connectivity index (χ3n) is 4.97. The number of nitrogens with one attached hydrogen (secondary N) is 2. The number of amides is 1. The van der Waals surface area contributed by atoms with E-state index in [1.165, 1.54) is 0 Å². The SMILES string of the molecule is CCC(O)(CC)CNC(=O)c1cc(C2CC2)nc2c1c(=O)[nH]n2C. The number of nitrogens with zero attached hydrogens (tertiary/aromatic N) is 2. The van der Waals surface area contributed by atoms with Crippen LogP contribution in [0.25, 0.3) is 11.0 Å². The molecule has 1 aliphatic carbocycles. The van der Waals surface area contributed by atoms with Crippen molar-refractivity contribution in [1.82, 2.24) is 20.1 Å². The molecular formula is C17H24N4O3. The Hall–Kier alpha value is -2.15. The van der Waals surface area contributed by atoms with Crippen molar-refractivity contribution < 1.29 is 9.90 Å². The molecule has 0 saturated heterocycles. The van der Waals surface area contributed by atoms with Gasteiger partial charge >= 0.3 is 0 Å². The Morgan fingerprint density at radius 3 is 2.71 bits per heavy atom. The maximum Gasteiger partial charge on any atom is 0.274 e. The van der Waals surface area contributed by atoms with Crippen molar-refractivity contribution in [2.24, 2.45) is 7.05 Å². The summed E-state index contributed by atoms with van der Waals surface area (Å²) in [4.78, 5) is 29.4. The molecule has 0 aromatic carbocycles. The van der Waals surface area contributed by atoms with Crippen LogP contribution in [0.4, 0.5) is 0 Å². The van der Waals surface area contributed by atoms with Gasteiger partial charge in [-0.15, -0.1) is 0 Å². The minimum absolute atomic E-state index is 0.159. The molecule has 2 aromatic rings. The number of aromatic nitrogens is 3. The number of hydrogen-bond donors (Lipinski definition) is 3. The first-order chi connectivity index (χ1) is 11.4. The fraction of sp³-hybridized carbons (Fsp3) is 0.588. The van der Waals surface area contributed by atoms with Crippen molar-refractivity contribution in [1.29, 1.82) is 0 Å². The molecule has 3 N–H and O–H groups in total. The van der Waals surface area contributed by atoms with Gasteiger partial charge in [-0.1, -0.05) is 13.8 Å². The summed E-state index contributed by atoms with van der Waals surface area (Å²) in [6.45, 7) is 3.92. The molecule has 7 nitrogen and oxygen atoms in total. The summed E-state index contributed by atoms with van der Waals surface area (Å²) >= 11 is 0. The van der Waals surface area contributed by atoms with Gasteiger partial charge in [0, 0.05) is 25.2 Å². The third kappa shape index (κ3) is 2.96. The molecule has 7 heteroatoms. The minimum Gasteiger partial charge on any atom is -0.388 e. The second kappa shape index (κ2) is 6.05. The van der Waals surface area contributed by atoms with Gasteiger partial charge in [-0.05, 0) is 31.7 Å². The zero-order valence-corrected chi connectivity index (χ0v) is 14.3. The number of carbonyl (C=O) groups excluding carboxylic acids is 1. The molecule has 1 fully saturated rings. The van der Waals surface area contributed by atoms with E-state index >= 15 is 0 Å². The molecule has 0 aliphatic heterocycles. The second-order valence-electron chi connectivity index (χ2n) is 6.68. The quantitative estimate of drug-likeness (QED) is 0.745. The van der Waals surface area contributed by atoms with Gasteiger partial charge in [0.1, 0.15) is 0 Å². The molecule has 3 rings (SSSR count). The molecular weight excluding hydrogens is 308 g/mol. The Labute approximate surface area is 140 Å². The lowest BCUT2D eigenvalue weighted by Gasteiger charge is -2.25. The molecule has 1 aliphatic rings. The van der Waals surface area contributed by atoms with Gasteiger partial charge in [0.2, 0.25) is 0 Å². The molecule has 130 valence electrons. The van der Waals surface area contributed by atoms with Crippen LogP contribution >= 0.6 is 0 Å². The number of aliphatic hydroxyl groups is 1. The Bertz CT molecular complexity index is 828. The van der Waals surface area contributed by atoms with Crippen LogP contribution in [0.5, 0.6) is 0 Å². The lowest BCUT2D eigenvalue weighted by atomic mass is 9.97. The number of carbonyl (C=O) groups is 1. The Morgan fingerprint density at radius 1 is 1.46 bits per heavy atom. The standard InChI is InChI=1S/C17H24N4O3/c1-4-17(24,5-2)9-18-15(22)11-8-12(10-6-7-10)19-14-13(11)16(23)20-21(14)3/h8,10,24H,4-7,9H2,1-3H3,(H,18,22)(H,20,23). The smallest absolute Gasteiger partial charge is 0.274 e. The van der Waals surface area contributed by atoms with Crippen LogP contribution in [0, 0.1) is 0 Å². The number of pyridine rings is 1. The monoisotopic (exact) mass is 332 g/mol. The van der Waals surface area contributed by atoms with E-state index in [-0.39, 0.29) is 18.0 Å². The molecule has 0 spiro atoms. The van der Waals surface area contributed by atoms with Gasteiger partial charge in [-0.2, -0.15) is 0 Å². The highest BCUT2D eigenvalue weighted by Gasteiger charge is 2.29. The lowest BCUT2D eigenvalue weighted by Crippen LogP contribution is -2.42. The summed E-state index contributed by atoms with van der Waals surface area (Å²) in [6.07, 6.45) is 3.22. The molecule has 1 amide bonds. The Kier molecular flexibility index (Phi) is 4.21. The molecule has 0 radical (unpaired) electrons. The summed E-state index contributed by atoms with van der Waals surface area (Å²) < 4.78 is 1.55. The van der Waals surface area contributed by atoms with Crippen molar-refractivity contribution in [2.75, 3.05) is 6.54 Å². The minimum atomic E-state index is -0.926. The van der Waals surface area contributed by atoms with Gasteiger partial charge in [0.25, 0.3) is 11.5 Å². The van der Waals surface area contributed by atoms with Crippen molar-refractivity contribution in [3.63, 3.8) is 0 Å². The fourth-order valence-electron chi connectivity index (χ4n) is 2.89. The van der Waals surface area contributed by atoms with Gasteiger partial charge in [0.15, 0.2) is 5.65 Å². The maximum absolute atomic E-state index is 12.7. The van der Waals surface area contributed by atoms with Gasteiger partial charge in [-0.3, -0.25) is 19.4 Å². The number of H-pyrrole nitrogens is 1. The molecule has 0 unspecified atom stereocenters. The van der Waals surface area contributed by atoms with E-state index in [2.05, 4.69) is 15.4 Å². The summed E-state index contributed by atoms with van der Waals surface area (Å²) in [5, 5.41) is 16.1. The van der Waals surface area contributed by atoms with Crippen molar-refractivity contribution in [3.8, 4) is 0 Å². The summed E-state index contributed by atoms with van der Waals surface area (Å²) in [5.74, 6) is 0.0236. The van der Waals surface area contributed by atoms with Crippen LogP contribution in [-0.4, -0.2) is 37.9 Å². The fourth-order valence-corrected chi connectivity index (χ4v) is 2.89. The van der Waals surface area contributed by atoms with Crippen LogP contribution in [0.1, 0.15) is 61.5 Å². The predicted molar refractivity (Wildman–Crippen MR) is 91.2 cm³/mol. The van der Waals surface area contributed by atoms with Gasteiger partial charge < -0.3 is 10.4 Å². The van der Waals surface area contributed by atoms with Gasteiger partial charge in [0.05, 0.1) is 16.6 Å². The average molecular weight is 332 g/mol. The van der Waals surface area contributed by atoms with E-state index in [0.717, 1.165) is 18.5 Å². The zero-order chi connectivity index (χ0) is 17.5. The van der Waals surface area contributed by atoms with Crippen molar-refractivity contribution >= 4 is 16.9 Å². The van der Waals surface area contributed by atoms with E-state index in [9.17, 15) is 14.7 Å². The first-order valence-corrected chi connectivity index (χ1v) is 8.48. The molecule has 2 aromatic heterocycles. The molecule has 1 saturated carbocycles. The maximum atomic E-state index is 12.7. The summed E-state index contributed by atoms with van der Waals surface area (Å²) in [7, 11) is 1.71. The normalized spacial score (nSPS) is 15.0. The average Bonchev–Trinajstić information content (AvgIpc) is 3.39. The first-order valence-electron chi connectivity index (χ1n) is 8.48. The summed E-state index contributed by atoms with van der Waals surface area (Å²) in [6, 6.07) is 1.72.